The molecule has 2 atom stereocenters. The van der Waals surface area contributed by atoms with Gasteiger partial charge in [-0.3, -0.25) is 4.90 Å². The number of fused-ring (bicyclic) bond motifs is 1. The Kier molecular flexibility index (Phi) is 4.59. The van der Waals surface area contributed by atoms with Gasteiger partial charge in [-0.2, -0.15) is 9.78 Å². The molecule has 1 aromatic carbocycles. The monoisotopic (exact) mass is 379 g/mol. The average Bonchev–Trinajstić information content (AvgIpc) is 3.46. The summed E-state index contributed by atoms with van der Waals surface area (Å²) in [5, 5.41) is 4.17. The van der Waals surface area contributed by atoms with Crippen LogP contribution in [0.3, 0.4) is 0 Å². The van der Waals surface area contributed by atoms with E-state index in [-0.39, 0.29) is 6.03 Å². The average molecular weight is 380 g/mol. The van der Waals surface area contributed by atoms with Gasteiger partial charge >= 0.3 is 6.03 Å². The molecule has 1 aromatic heterocycles. The molecule has 0 spiro atoms. The summed E-state index contributed by atoms with van der Waals surface area (Å²) in [5.74, 6) is 1.17. The number of hydrogen-bond acceptors (Lipinski definition) is 4. The van der Waals surface area contributed by atoms with E-state index in [1.165, 1.54) is 41.9 Å². The van der Waals surface area contributed by atoms with E-state index < -0.39 is 0 Å². The highest BCUT2D eigenvalue weighted by Crippen LogP contribution is 2.32. The Morgan fingerprint density at radius 2 is 1.71 bits per heavy atom. The van der Waals surface area contributed by atoms with Gasteiger partial charge in [0.15, 0.2) is 0 Å². The molecule has 5 rings (SSSR count). The van der Waals surface area contributed by atoms with Crippen LogP contribution in [0.15, 0.2) is 36.7 Å². The first kappa shape index (κ1) is 17.7. The van der Waals surface area contributed by atoms with Gasteiger partial charge in [-0.25, -0.2) is 4.79 Å². The van der Waals surface area contributed by atoms with Gasteiger partial charge in [0.1, 0.15) is 0 Å². The van der Waals surface area contributed by atoms with Crippen molar-refractivity contribution in [2.45, 2.75) is 26.3 Å². The van der Waals surface area contributed by atoms with E-state index in [9.17, 15) is 4.79 Å². The summed E-state index contributed by atoms with van der Waals surface area (Å²) in [6.07, 6.45) is 6.19. The number of benzene rings is 1. The van der Waals surface area contributed by atoms with Gasteiger partial charge in [0, 0.05) is 57.7 Å². The van der Waals surface area contributed by atoms with Crippen molar-refractivity contribution < 1.29 is 4.79 Å². The first-order chi connectivity index (χ1) is 13.7. The third-order valence-corrected chi connectivity index (χ3v) is 6.55. The van der Waals surface area contributed by atoms with Crippen molar-refractivity contribution in [2.24, 2.45) is 11.8 Å². The summed E-state index contributed by atoms with van der Waals surface area (Å²) in [6, 6.07) is 9.16. The van der Waals surface area contributed by atoms with Crippen LogP contribution in [0.2, 0.25) is 0 Å². The maximum Gasteiger partial charge on any atom is 0.344 e. The van der Waals surface area contributed by atoms with Gasteiger partial charge in [0.25, 0.3) is 0 Å². The fraction of sp³-hybridized carbons (Fsp3) is 0.545. The Labute approximate surface area is 166 Å². The summed E-state index contributed by atoms with van der Waals surface area (Å²) >= 11 is 0. The van der Waals surface area contributed by atoms with E-state index >= 15 is 0 Å². The molecule has 3 saturated heterocycles. The molecule has 0 bridgehead atoms. The number of carbonyl (C=O) groups is 1. The number of rotatable bonds is 3. The van der Waals surface area contributed by atoms with Crippen LogP contribution in [-0.2, 0) is 6.54 Å². The van der Waals surface area contributed by atoms with Crippen LogP contribution in [0.4, 0.5) is 10.5 Å². The van der Waals surface area contributed by atoms with Gasteiger partial charge in [-0.1, -0.05) is 12.1 Å². The molecule has 3 fully saturated rings. The predicted octanol–water partition coefficient (Wildman–Crippen LogP) is 2.82. The molecule has 2 unspecified atom stereocenters. The molecule has 3 aliphatic heterocycles. The lowest BCUT2D eigenvalue weighted by molar-refractivity contribution is 0.197. The Balaban J connectivity index is 1.15. The van der Waals surface area contributed by atoms with Crippen molar-refractivity contribution in [3.05, 3.63) is 47.8 Å². The minimum atomic E-state index is 0.0200. The number of aromatic nitrogens is 2. The highest BCUT2D eigenvalue weighted by atomic mass is 16.2. The molecule has 28 heavy (non-hydrogen) atoms. The Hall–Kier alpha value is -2.34. The lowest BCUT2D eigenvalue weighted by Gasteiger charge is -2.22. The molecule has 148 valence electrons. The molecular formula is C22H29N5O. The summed E-state index contributed by atoms with van der Waals surface area (Å²) in [7, 11) is 0. The summed E-state index contributed by atoms with van der Waals surface area (Å²) < 4.78 is 1.48. The zero-order chi connectivity index (χ0) is 19.1. The molecular weight excluding hydrogens is 350 g/mol. The fourth-order valence-electron chi connectivity index (χ4n) is 5.08. The minimum absolute atomic E-state index is 0.0200. The molecule has 6 heteroatoms. The van der Waals surface area contributed by atoms with Gasteiger partial charge in [-0.05, 0) is 54.9 Å². The third-order valence-electron chi connectivity index (χ3n) is 6.55. The first-order valence-electron chi connectivity index (χ1n) is 10.5. The molecule has 4 heterocycles. The number of aryl methyl sites for hydroxylation is 1. The normalized spacial score (nSPS) is 24.9. The SMILES string of the molecule is Cc1cnn(C(=O)N2CC3CN(Cc4ccc(N5CCCC5)cc4)CC3C2)c1. The molecule has 3 aliphatic rings. The molecule has 2 aromatic rings. The van der Waals surface area contributed by atoms with Crippen LogP contribution >= 0.6 is 0 Å². The van der Waals surface area contributed by atoms with Crippen LogP contribution in [0, 0.1) is 18.8 Å². The number of anilines is 1. The molecule has 0 aliphatic carbocycles. The van der Waals surface area contributed by atoms with Crippen LogP contribution in [0.1, 0.15) is 24.0 Å². The highest BCUT2D eigenvalue weighted by molar-refractivity contribution is 5.76. The molecule has 1 amide bonds. The van der Waals surface area contributed by atoms with Crippen LogP contribution in [0.5, 0.6) is 0 Å². The first-order valence-corrected chi connectivity index (χ1v) is 10.5. The maximum atomic E-state index is 12.6. The van der Waals surface area contributed by atoms with Crippen LogP contribution in [-0.4, -0.2) is 64.9 Å². The zero-order valence-corrected chi connectivity index (χ0v) is 16.6. The summed E-state index contributed by atoms with van der Waals surface area (Å²) in [6.45, 7) is 9.25. The summed E-state index contributed by atoms with van der Waals surface area (Å²) in [4.78, 5) is 19.6. The van der Waals surface area contributed by atoms with Gasteiger partial charge in [-0.15, -0.1) is 0 Å². The second kappa shape index (κ2) is 7.24. The zero-order valence-electron chi connectivity index (χ0n) is 16.6. The molecule has 0 radical (unpaired) electrons. The number of amides is 1. The molecule has 6 nitrogen and oxygen atoms in total. The number of hydrogen-bond donors (Lipinski definition) is 0. The Morgan fingerprint density at radius 3 is 2.32 bits per heavy atom. The largest absolute Gasteiger partial charge is 0.372 e. The standard InChI is InChI=1S/C22H29N5O/c1-17-10-23-27(11-17)22(28)26-15-19-13-24(14-20(19)16-26)12-18-4-6-21(7-5-18)25-8-2-3-9-25/h4-7,10-11,19-20H,2-3,8-9,12-16H2,1H3. The van der Waals surface area contributed by atoms with Crippen molar-refractivity contribution in [3.63, 3.8) is 0 Å². The minimum Gasteiger partial charge on any atom is -0.372 e. The Morgan fingerprint density at radius 1 is 1.04 bits per heavy atom. The number of likely N-dealkylation sites (tertiary alicyclic amines) is 2. The topological polar surface area (TPSA) is 44.6 Å². The molecule has 0 saturated carbocycles. The second-order valence-electron chi connectivity index (χ2n) is 8.72. The second-order valence-corrected chi connectivity index (χ2v) is 8.72. The quantitative estimate of drug-likeness (QED) is 0.823. The van der Waals surface area contributed by atoms with Crippen LogP contribution in [0.25, 0.3) is 0 Å². The van der Waals surface area contributed by atoms with Crippen molar-refractivity contribution in [3.8, 4) is 0 Å². The van der Waals surface area contributed by atoms with E-state index in [1.54, 1.807) is 6.20 Å². The third kappa shape index (κ3) is 3.41. The van der Waals surface area contributed by atoms with E-state index in [2.05, 4.69) is 39.2 Å². The smallest absolute Gasteiger partial charge is 0.344 e. The van der Waals surface area contributed by atoms with Crippen LogP contribution < -0.4 is 4.90 Å². The fourth-order valence-corrected chi connectivity index (χ4v) is 5.08. The summed E-state index contributed by atoms with van der Waals surface area (Å²) in [5.41, 5.74) is 3.78. The number of nitrogens with zero attached hydrogens (tertiary/aromatic N) is 5. The predicted molar refractivity (Wildman–Crippen MR) is 109 cm³/mol. The molecule has 0 N–H and O–H groups in total. The maximum absolute atomic E-state index is 12.6. The van der Waals surface area contributed by atoms with Gasteiger partial charge < -0.3 is 9.80 Å². The van der Waals surface area contributed by atoms with E-state index in [0.29, 0.717) is 11.8 Å². The lowest BCUT2D eigenvalue weighted by atomic mass is 10.0. The van der Waals surface area contributed by atoms with Gasteiger partial charge in [0.2, 0.25) is 0 Å². The van der Waals surface area contributed by atoms with Crippen molar-refractivity contribution >= 4 is 11.7 Å². The van der Waals surface area contributed by atoms with Gasteiger partial charge in [0.05, 0.1) is 6.20 Å². The van der Waals surface area contributed by atoms with Crippen molar-refractivity contribution in [2.75, 3.05) is 44.2 Å². The van der Waals surface area contributed by atoms with E-state index in [4.69, 9.17) is 0 Å². The number of carbonyl (C=O) groups excluding carboxylic acids is 1. The van der Waals surface area contributed by atoms with Crippen molar-refractivity contribution in [1.29, 1.82) is 0 Å². The highest BCUT2D eigenvalue weighted by Gasteiger charge is 2.41. The van der Waals surface area contributed by atoms with Crippen molar-refractivity contribution in [1.82, 2.24) is 19.6 Å². The Bertz CT molecular complexity index is 825. The van der Waals surface area contributed by atoms with E-state index in [1.807, 2.05) is 18.0 Å². The lowest BCUT2D eigenvalue weighted by Crippen LogP contribution is -2.36. The van der Waals surface area contributed by atoms with E-state index in [0.717, 1.165) is 38.3 Å².